The molecule has 152 valence electrons. The number of alkyl halides is 3. The Bertz CT molecular complexity index is 959. The summed E-state index contributed by atoms with van der Waals surface area (Å²) in [6.07, 6.45) is 0.324. The monoisotopic (exact) mass is 478 g/mol. The van der Waals surface area contributed by atoms with Gasteiger partial charge in [0.1, 0.15) is 6.61 Å². The summed E-state index contributed by atoms with van der Waals surface area (Å²) in [4.78, 5) is 5.33. The number of oxime groups is 1. The topological polar surface area (TPSA) is 67.8 Å². The van der Waals surface area contributed by atoms with Gasteiger partial charge < -0.3 is 4.84 Å². The van der Waals surface area contributed by atoms with Crippen LogP contribution < -0.4 is 4.72 Å². The van der Waals surface area contributed by atoms with E-state index in [2.05, 4.69) is 21.1 Å². The van der Waals surface area contributed by atoms with Crippen LogP contribution in [0.2, 0.25) is 0 Å². The minimum atomic E-state index is -5.55. The lowest BCUT2D eigenvalue weighted by molar-refractivity contribution is -0.0429. The summed E-state index contributed by atoms with van der Waals surface area (Å²) in [7, 11) is -5.55. The van der Waals surface area contributed by atoms with Crippen molar-refractivity contribution in [2.75, 3.05) is 4.72 Å². The second-order valence-corrected chi connectivity index (χ2v) is 8.48. The highest BCUT2D eigenvalue weighted by Gasteiger charge is 2.46. The molecule has 2 aromatic carbocycles. The van der Waals surface area contributed by atoms with Crippen LogP contribution in [0.5, 0.6) is 0 Å². The maximum absolute atomic E-state index is 12.7. The average molecular weight is 479 g/mol. The Balaban J connectivity index is 2.29. The SMILES string of the molecule is CC/C(=N\OCc1ccc(Br)cc1)c1cc(C)ccc1NS(=O)(=O)C(F)(F)F. The molecule has 0 aliphatic carbocycles. The molecule has 0 fully saturated rings. The molecular formula is C18H18BrF3N2O3S. The smallest absolute Gasteiger partial charge is 0.391 e. The molecule has 0 aliphatic heterocycles. The van der Waals surface area contributed by atoms with E-state index in [-0.39, 0.29) is 17.9 Å². The largest absolute Gasteiger partial charge is 0.516 e. The molecule has 0 unspecified atom stereocenters. The summed E-state index contributed by atoms with van der Waals surface area (Å²) in [5.41, 5.74) is -3.50. The van der Waals surface area contributed by atoms with Crippen molar-refractivity contribution in [2.24, 2.45) is 5.16 Å². The third-order valence-corrected chi connectivity index (χ3v) is 5.32. The number of hydrogen-bond donors (Lipinski definition) is 1. The van der Waals surface area contributed by atoms with Crippen molar-refractivity contribution in [1.82, 2.24) is 0 Å². The lowest BCUT2D eigenvalue weighted by Gasteiger charge is -2.15. The maximum atomic E-state index is 12.7. The van der Waals surface area contributed by atoms with Crippen molar-refractivity contribution < 1.29 is 26.4 Å². The van der Waals surface area contributed by atoms with E-state index in [0.717, 1.165) is 15.6 Å². The van der Waals surface area contributed by atoms with Gasteiger partial charge in [-0.15, -0.1) is 0 Å². The molecule has 28 heavy (non-hydrogen) atoms. The Morgan fingerprint density at radius 3 is 2.39 bits per heavy atom. The van der Waals surface area contributed by atoms with Gasteiger partial charge in [0.15, 0.2) is 0 Å². The zero-order valence-corrected chi connectivity index (χ0v) is 17.5. The minimum Gasteiger partial charge on any atom is -0.391 e. The molecule has 10 heteroatoms. The van der Waals surface area contributed by atoms with Gasteiger partial charge in [0.05, 0.1) is 11.4 Å². The third-order valence-electron chi connectivity index (χ3n) is 3.69. The van der Waals surface area contributed by atoms with Gasteiger partial charge in [-0.3, -0.25) is 4.72 Å². The van der Waals surface area contributed by atoms with Crippen LogP contribution in [0, 0.1) is 6.92 Å². The lowest BCUT2D eigenvalue weighted by Crippen LogP contribution is -2.30. The summed E-state index contributed by atoms with van der Waals surface area (Å²) >= 11 is 3.33. The highest BCUT2D eigenvalue weighted by Crippen LogP contribution is 2.28. The molecular weight excluding hydrogens is 461 g/mol. The molecule has 0 saturated carbocycles. The van der Waals surface area contributed by atoms with Crippen LogP contribution in [0.25, 0.3) is 0 Å². The van der Waals surface area contributed by atoms with Gasteiger partial charge in [0.2, 0.25) is 0 Å². The summed E-state index contributed by atoms with van der Waals surface area (Å²) in [6.45, 7) is 3.64. The zero-order valence-electron chi connectivity index (χ0n) is 15.0. The zero-order chi connectivity index (χ0) is 20.9. The van der Waals surface area contributed by atoms with E-state index in [0.29, 0.717) is 12.1 Å². The Kier molecular flexibility index (Phi) is 7.11. The molecule has 0 radical (unpaired) electrons. The van der Waals surface area contributed by atoms with E-state index < -0.39 is 15.5 Å². The predicted molar refractivity (Wildman–Crippen MR) is 106 cm³/mol. The number of halogens is 4. The van der Waals surface area contributed by atoms with Crippen molar-refractivity contribution in [3.8, 4) is 0 Å². The van der Waals surface area contributed by atoms with Crippen molar-refractivity contribution in [3.63, 3.8) is 0 Å². The first-order chi connectivity index (χ1) is 13.0. The van der Waals surface area contributed by atoms with Crippen LogP contribution in [0.15, 0.2) is 52.1 Å². The van der Waals surface area contributed by atoms with Gasteiger partial charge in [0.25, 0.3) is 0 Å². The predicted octanol–water partition coefficient (Wildman–Crippen LogP) is 5.35. The molecule has 0 amide bonds. The second kappa shape index (κ2) is 8.95. The van der Waals surface area contributed by atoms with Gasteiger partial charge in [-0.1, -0.05) is 51.8 Å². The number of anilines is 1. The normalized spacial score (nSPS) is 12.7. The maximum Gasteiger partial charge on any atom is 0.516 e. The van der Waals surface area contributed by atoms with Gasteiger partial charge in [-0.25, -0.2) is 0 Å². The summed E-state index contributed by atoms with van der Waals surface area (Å²) in [5, 5.41) is 4.01. The molecule has 0 saturated heterocycles. The Labute approximate surface area is 169 Å². The van der Waals surface area contributed by atoms with Crippen molar-refractivity contribution in [3.05, 3.63) is 63.6 Å². The van der Waals surface area contributed by atoms with Gasteiger partial charge in [-0.05, 0) is 43.2 Å². The van der Waals surface area contributed by atoms with Crippen molar-refractivity contribution in [1.29, 1.82) is 0 Å². The molecule has 0 spiro atoms. The molecule has 5 nitrogen and oxygen atoms in total. The molecule has 0 aromatic heterocycles. The number of aryl methyl sites for hydroxylation is 1. The number of sulfonamides is 1. The fourth-order valence-electron chi connectivity index (χ4n) is 2.26. The summed E-state index contributed by atoms with van der Waals surface area (Å²) in [5.74, 6) is 0. The van der Waals surface area contributed by atoms with Crippen LogP contribution in [-0.2, 0) is 21.5 Å². The number of nitrogens with one attached hydrogen (secondary N) is 1. The average Bonchev–Trinajstić information content (AvgIpc) is 2.61. The number of benzene rings is 2. The highest BCUT2D eigenvalue weighted by atomic mass is 79.9. The van der Waals surface area contributed by atoms with E-state index in [9.17, 15) is 21.6 Å². The molecule has 2 rings (SSSR count). The molecule has 0 bridgehead atoms. The Hall–Kier alpha value is -2.07. The fourth-order valence-corrected chi connectivity index (χ4v) is 3.11. The van der Waals surface area contributed by atoms with E-state index in [1.807, 2.05) is 24.3 Å². The summed E-state index contributed by atoms with van der Waals surface area (Å²) in [6, 6.07) is 11.7. The molecule has 0 aliphatic rings. The van der Waals surface area contributed by atoms with E-state index in [1.54, 1.807) is 24.6 Å². The lowest BCUT2D eigenvalue weighted by atomic mass is 10.0. The van der Waals surface area contributed by atoms with Gasteiger partial charge in [-0.2, -0.15) is 21.6 Å². The van der Waals surface area contributed by atoms with Crippen LogP contribution in [0.3, 0.4) is 0 Å². The molecule has 1 N–H and O–H groups in total. The van der Waals surface area contributed by atoms with E-state index >= 15 is 0 Å². The molecule has 0 heterocycles. The first-order valence-corrected chi connectivity index (χ1v) is 10.4. The summed E-state index contributed by atoms with van der Waals surface area (Å²) < 4.78 is 63.6. The minimum absolute atomic E-state index is 0.159. The van der Waals surface area contributed by atoms with Crippen LogP contribution >= 0.6 is 15.9 Å². The number of hydrogen-bond acceptors (Lipinski definition) is 4. The van der Waals surface area contributed by atoms with E-state index in [4.69, 9.17) is 4.84 Å². The van der Waals surface area contributed by atoms with Crippen LogP contribution in [0.1, 0.15) is 30.0 Å². The second-order valence-electron chi connectivity index (χ2n) is 5.89. The fraction of sp³-hybridized carbons (Fsp3) is 0.278. The van der Waals surface area contributed by atoms with Crippen LogP contribution in [0.4, 0.5) is 18.9 Å². The Morgan fingerprint density at radius 1 is 1.18 bits per heavy atom. The van der Waals surface area contributed by atoms with E-state index in [1.165, 1.54) is 12.1 Å². The molecule has 0 atom stereocenters. The third kappa shape index (κ3) is 5.71. The Morgan fingerprint density at radius 2 is 1.82 bits per heavy atom. The van der Waals surface area contributed by atoms with Gasteiger partial charge in [0, 0.05) is 10.0 Å². The van der Waals surface area contributed by atoms with Crippen molar-refractivity contribution in [2.45, 2.75) is 32.4 Å². The number of nitrogens with zero attached hydrogens (tertiary/aromatic N) is 1. The molecule has 2 aromatic rings. The standard InChI is InChI=1S/C18H18BrF3N2O3S/c1-3-16(23-27-11-13-5-7-14(19)8-6-13)15-10-12(2)4-9-17(15)24-28(25,26)18(20,21)22/h4-10,24H,3,11H2,1-2H3/b23-16+. The van der Waals surface area contributed by atoms with Crippen LogP contribution in [-0.4, -0.2) is 19.6 Å². The first kappa shape index (κ1) is 22.2. The van der Waals surface area contributed by atoms with Gasteiger partial charge >= 0.3 is 15.5 Å². The number of rotatable bonds is 7. The highest BCUT2D eigenvalue weighted by molar-refractivity contribution is 9.10. The quantitative estimate of drug-likeness (QED) is 0.430. The van der Waals surface area contributed by atoms with Crippen molar-refractivity contribution >= 4 is 37.4 Å². The first-order valence-electron chi connectivity index (χ1n) is 8.17.